The zero-order valence-electron chi connectivity index (χ0n) is 22.4. The van der Waals surface area contributed by atoms with E-state index in [1.807, 2.05) is 121 Å². The Morgan fingerprint density at radius 2 is 0.951 bits per heavy atom. The molecule has 2 N–H and O–H groups in total. The summed E-state index contributed by atoms with van der Waals surface area (Å²) in [5.74, 6) is -0.00568. The van der Waals surface area contributed by atoms with Gasteiger partial charge in [0.15, 0.2) is 0 Å². The maximum absolute atomic E-state index is 13.6. The highest BCUT2D eigenvalue weighted by atomic mass is 16.5. The molecule has 0 heterocycles. The summed E-state index contributed by atoms with van der Waals surface area (Å²) in [4.78, 5) is 26.9. The van der Waals surface area contributed by atoms with Gasteiger partial charge in [0.05, 0.1) is 6.04 Å². The first-order chi connectivity index (χ1) is 20.2. The molecular weight excluding hydrogens is 512 g/mol. The van der Waals surface area contributed by atoms with Crippen molar-refractivity contribution in [3.63, 3.8) is 0 Å². The Labute approximate surface area is 239 Å². The van der Waals surface area contributed by atoms with Crippen LogP contribution >= 0.6 is 0 Å². The van der Waals surface area contributed by atoms with Gasteiger partial charge < -0.3 is 14.8 Å². The van der Waals surface area contributed by atoms with Crippen LogP contribution in [-0.2, 0) is 13.2 Å². The molecule has 0 aliphatic heterocycles. The maximum Gasteiger partial charge on any atom is 0.322 e. The van der Waals surface area contributed by atoms with Gasteiger partial charge in [0.1, 0.15) is 30.3 Å². The summed E-state index contributed by atoms with van der Waals surface area (Å²) >= 11 is 0. The number of amides is 3. The van der Waals surface area contributed by atoms with Crippen molar-refractivity contribution in [3.05, 3.63) is 167 Å². The third-order valence-corrected chi connectivity index (χ3v) is 6.46. The molecule has 3 amide bonds. The van der Waals surface area contributed by atoms with Gasteiger partial charge in [0.25, 0.3) is 5.91 Å². The smallest absolute Gasteiger partial charge is 0.322 e. The summed E-state index contributed by atoms with van der Waals surface area (Å²) in [6.07, 6.45) is 0. The molecular formula is C35H30N2O4. The second-order valence-corrected chi connectivity index (χ2v) is 9.36. The van der Waals surface area contributed by atoms with E-state index in [2.05, 4.69) is 10.6 Å². The summed E-state index contributed by atoms with van der Waals surface area (Å²) in [6.45, 7) is 0.499. The third-order valence-electron chi connectivity index (χ3n) is 6.46. The molecule has 6 heteroatoms. The average molecular weight is 543 g/mol. The molecule has 5 aromatic rings. The third kappa shape index (κ3) is 7.40. The van der Waals surface area contributed by atoms with E-state index in [4.69, 9.17) is 9.47 Å². The SMILES string of the molecule is O=C(NC(=O)c1c(OCc2ccccc2)cccc1OCc1ccccc1)NC(c1ccccc1)c1ccccc1. The number of hydrogen-bond donors (Lipinski definition) is 2. The average Bonchev–Trinajstić information content (AvgIpc) is 3.03. The van der Waals surface area contributed by atoms with Gasteiger partial charge in [-0.2, -0.15) is 0 Å². The lowest BCUT2D eigenvalue weighted by atomic mass is 9.99. The van der Waals surface area contributed by atoms with Gasteiger partial charge in [-0.25, -0.2) is 4.79 Å². The lowest BCUT2D eigenvalue weighted by Crippen LogP contribution is -2.41. The van der Waals surface area contributed by atoms with Gasteiger partial charge in [0.2, 0.25) is 0 Å². The summed E-state index contributed by atoms with van der Waals surface area (Å²) < 4.78 is 12.1. The summed E-state index contributed by atoms with van der Waals surface area (Å²) in [5.41, 5.74) is 3.81. The van der Waals surface area contributed by atoms with Crippen molar-refractivity contribution in [1.29, 1.82) is 0 Å². The minimum atomic E-state index is -0.639. The second-order valence-electron chi connectivity index (χ2n) is 9.36. The Bertz CT molecular complexity index is 1460. The molecule has 0 radical (unpaired) electrons. The first-order valence-corrected chi connectivity index (χ1v) is 13.4. The maximum atomic E-state index is 13.6. The lowest BCUT2D eigenvalue weighted by molar-refractivity contribution is 0.0954. The molecule has 0 saturated carbocycles. The predicted molar refractivity (Wildman–Crippen MR) is 159 cm³/mol. The second kappa shape index (κ2) is 13.6. The van der Waals surface area contributed by atoms with Crippen molar-refractivity contribution in [2.24, 2.45) is 0 Å². The minimum Gasteiger partial charge on any atom is -0.488 e. The number of ether oxygens (including phenoxy) is 2. The highest BCUT2D eigenvalue weighted by molar-refractivity contribution is 6.07. The van der Waals surface area contributed by atoms with Crippen LogP contribution < -0.4 is 20.1 Å². The molecule has 0 saturated heterocycles. The molecule has 0 aliphatic carbocycles. The van der Waals surface area contributed by atoms with Crippen molar-refractivity contribution in [2.45, 2.75) is 19.3 Å². The van der Waals surface area contributed by atoms with Crippen LogP contribution in [0.3, 0.4) is 0 Å². The van der Waals surface area contributed by atoms with Crippen molar-refractivity contribution >= 4 is 11.9 Å². The molecule has 204 valence electrons. The van der Waals surface area contributed by atoms with Gasteiger partial charge in [-0.05, 0) is 34.4 Å². The summed E-state index contributed by atoms with van der Waals surface area (Å²) in [7, 11) is 0. The number of carbonyl (C=O) groups is 2. The first-order valence-electron chi connectivity index (χ1n) is 13.4. The van der Waals surface area contributed by atoms with Gasteiger partial charge in [-0.15, -0.1) is 0 Å². The molecule has 0 aromatic heterocycles. The standard InChI is InChI=1S/C35H30N2O4/c38-34(37-35(39)36-33(28-18-9-3-10-19-28)29-20-11-4-12-21-29)32-30(40-24-26-14-5-1-6-15-26)22-13-23-31(32)41-25-27-16-7-2-8-17-27/h1-23,33H,24-25H2,(H2,36,37,38,39). The van der Waals surface area contributed by atoms with E-state index in [0.717, 1.165) is 22.3 Å². The summed E-state index contributed by atoms with van der Waals surface area (Å²) in [5, 5.41) is 5.45. The van der Waals surface area contributed by atoms with Gasteiger partial charge in [0, 0.05) is 0 Å². The fourth-order valence-corrected chi connectivity index (χ4v) is 4.43. The Morgan fingerprint density at radius 3 is 1.39 bits per heavy atom. The van der Waals surface area contributed by atoms with Gasteiger partial charge in [-0.3, -0.25) is 10.1 Å². The fraction of sp³-hybridized carbons (Fsp3) is 0.0857. The zero-order valence-corrected chi connectivity index (χ0v) is 22.4. The largest absolute Gasteiger partial charge is 0.488 e. The van der Waals surface area contributed by atoms with E-state index in [0.29, 0.717) is 11.5 Å². The van der Waals surface area contributed by atoms with Crippen LogP contribution in [0.2, 0.25) is 0 Å². The summed E-state index contributed by atoms with van der Waals surface area (Å²) in [6, 6.07) is 42.6. The molecule has 0 bridgehead atoms. The number of hydrogen-bond acceptors (Lipinski definition) is 4. The van der Waals surface area contributed by atoms with E-state index in [-0.39, 0.29) is 18.8 Å². The monoisotopic (exact) mass is 542 g/mol. The number of carbonyl (C=O) groups excluding carboxylic acids is 2. The molecule has 5 aromatic carbocycles. The van der Waals surface area contributed by atoms with E-state index >= 15 is 0 Å². The normalized spacial score (nSPS) is 10.6. The number of imide groups is 1. The fourth-order valence-electron chi connectivity index (χ4n) is 4.43. The van der Waals surface area contributed by atoms with E-state index < -0.39 is 18.0 Å². The van der Waals surface area contributed by atoms with Crippen molar-refractivity contribution in [3.8, 4) is 11.5 Å². The van der Waals surface area contributed by atoms with Crippen LogP contribution in [-0.4, -0.2) is 11.9 Å². The quantitative estimate of drug-likeness (QED) is 0.198. The van der Waals surface area contributed by atoms with Crippen molar-refractivity contribution in [2.75, 3.05) is 0 Å². The molecule has 0 fully saturated rings. The van der Waals surface area contributed by atoms with E-state index in [1.54, 1.807) is 18.2 Å². The topological polar surface area (TPSA) is 76.7 Å². The molecule has 5 rings (SSSR count). The van der Waals surface area contributed by atoms with Gasteiger partial charge in [-0.1, -0.05) is 127 Å². The van der Waals surface area contributed by atoms with Crippen LogP contribution in [0.1, 0.15) is 38.7 Å². The minimum absolute atomic E-state index is 0.144. The molecule has 0 unspecified atom stereocenters. The molecule has 6 nitrogen and oxygen atoms in total. The van der Waals surface area contributed by atoms with Gasteiger partial charge >= 0.3 is 6.03 Å². The van der Waals surface area contributed by atoms with E-state index in [1.165, 1.54) is 0 Å². The lowest BCUT2D eigenvalue weighted by Gasteiger charge is -2.21. The Kier molecular flexibility index (Phi) is 9.04. The number of benzene rings is 5. The highest BCUT2D eigenvalue weighted by Crippen LogP contribution is 2.30. The van der Waals surface area contributed by atoms with Crippen LogP contribution in [0.5, 0.6) is 11.5 Å². The van der Waals surface area contributed by atoms with Crippen LogP contribution in [0.15, 0.2) is 140 Å². The molecule has 0 atom stereocenters. The Hall–Kier alpha value is -5.36. The van der Waals surface area contributed by atoms with Crippen molar-refractivity contribution < 1.29 is 19.1 Å². The number of nitrogens with one attached hydrogen (secondary N) is 2. The Balaban J connectivity index is 1.38. The van der Waals surface area contributed by atoms with Crippen LogP contribution in [0.4, 0.5) is 4.79 Å². The molecule has 0 aliphatic rings. The highest BCUT2D eigenvalue weighted by Gasteiger charge is 2.23. The van der Waals surface area contributed by atoms with Crippen LogP contribution in [0.25, 0.3) is 0 Å². The van der Waals surface area contributed by atoms with Crippen molar-refractivity contribution in [1.82, 2.24) is 10.6 Å². The number of urea groups is 1. The first kappa shape index (κ1) is 27.2. The zero-order chi connectivity index (χ0) is 28.3. The predicted octanol–water partition coefficient (Wildman–Crippen LogP) is 7.07. The van der Waals surface area contributed by atoms with Crippen LogP contribution in [0, 0.1) is 0 Å². The molecule has 41 heavy (non-hydrogen) atoms. The number of rotatable bonds is 10. The molecule has 0 spiro atoms. The Morgan fingerprint density at radius 1 is 0.537 bits per heavy atom. The van der Waals surface area contributed by atoms with E-state index in [9.17, 15) is 9.59 Å².